The summed E-state index contributed by atoms with van der Waals surface area (Å²) in [6.07, 6.45) is 6.57. The lowest BCUT2D eigenvalue weighted by atomic mass is 10.1. The van der Waals surface area contributed by atoms with E-state index < -0.39 is 0 Å². The van der Waals surface area contributed by atoms with Crippen molar-refractivity contribution in [1.29, 1.82) is 0 Å². The van der Waals surface area contributed by atoms with Gasteiger partial charge in [-0.1, -0.05) is 58.6 Å². The minimum Gasteiger partial charge on any atom is -0.423 e. The predicted octanol–water partition coefficient (Wildman–Crippen LogP) is 5.29. The largest absolute Gasteiger partial charge is 0.423 e. The highest BCUT2D eigenvalue weighted by molar-refractivity contribution is 5.76. The van der Waals surface area contributed by atoms with Crippen molar-refractivity contribution in [2.75, 3.05) is 0 Å². The second-order valence-electron chi connectivity index (χ2n) is 6.49. The number of hydrogen-bond acceptors (Lipinski definition) is 4. The molecule has 0 amide bonds. The fraction of sp³-hybridized carbons (Fsp3) is 0.600. The summed E-state index contributed by atoms with van der Waals surface area (Å²) < 4.78 is 10.7. The highest BCUT2D eigenvalue weighted by Crippen LogP contribution is 2.27. The van der Waals surface area contributed by atoms with Gasteiger partial charge in [0.05, 0.1) is 0 Å². The maximum atomic E-state index is 11.9. The van der Waals surface area contributed by atoms with E-state index in [4.69, 9.17) is 9.47 Å². The van der Waals surface area contributed by atoms with Crippen LogP contribution in [0.1, 0.15) is 72.1 Å². The smallest absolute Gasteiger partial charge is 0.311 e. The molecule has 0 saturated heterocycles. The van der Waals surface area contributed by atoms with E-state index in [-0.39, 0.29) is 11.9 Å². The molecule has 1 aromatic carbocycles. The van der Waals surface area contributed by atoms with Gasteiger partial charge in [0.1, 0.15) is 0 Å². The zero-order valence-corrected chi connectivity index (χ0v) is 15.2. The Morgan fingerprint density at radius 1 is 0.875 bits per heavy atom. The highest BCUT2D eigenvalue weighted by atomic mass is 16.6. The molecule has 0 saturated carbocycles. The first kappa shape index (κ1) is 20.2. The van der Waals surface area contributed by atoms with Crippen molar-refractivity contribution < 1.29 is 19.1 Å². The van der Waals surface area contributed by atoms with E-state index >= 15 is 0 Å². The highest BCUT2D eigenvalue weighted by Gasteiger charge is 2.13. The zero-order chi connectivity index (χ0) is 17.8. The second kappa shape index (κ2) is 11.7. The first-order chi connectivity index (χ1) is 11.5. The molecule has 4 nitrogen and oxygen atoms in total. The molecule has 24 heavy (non-hydrogen) atoms. The molecule has 0 unspecified atom stereocenters. The van der Waals surface area contributed by atoms with Crippen LogP contribution < -0.4 is 9.47 Å². The number of hydrogen-bond donors (Lipinski definition) is 0. The van der Waals surface area contributed by atoms with Crippen molar-refractivity contribution in [3.8, 4) is 11.5 Å². The first-order valence-electron chi connectivity index (χ1n) is 9.03. The van der Waals surface area contributed by atoms with E-state index in [0.717, 1.165) is 38.5 Å². The summed E-state index contributed by atoms with van der Waals surface area (Å²) in [4.78, 5) is 23.8. The molecule has 0 radical (unpaired) electrons. The molecule has 0 aliphatic rings. The molecular formula is C20H30O4. The number of ether oxygens (including phenoxy) is 2. The van der Waals surface area contributed by atoms with E-state index in [2.05, 4.69) is 20.8 Å². The Morgan fingerprint density at radius 3 is 1.83 bits per heavy atom. The summed E-state index contributed by atoms with van der Waals surface area (Å²) >= 11 is 0. The van der Waals surface area contributed by atoms with Crippen molar-refractivity contribution in [3.63, 3.8) is 0 Å². The molecule has 134 valence electrons. The Kier molecular flexibility index (Phi) is 9.81. The van der Waals surface area contributed by atoms with Gasteiger partial charge in [0.15, 0.2) is 11.5 Å². The molecule has 1 rings (SSSR count). The number of carbonyl (C=O) groups excluding carboxylic acids is 2. The Bertz CT molecular complexity index is 508. The second-order valence-corrected chi connectivity index (χ2v) is 6.49. The topological polar surface area (TPSA) is 52.6 Å². The average Bonchev–Trinajstić information content (AvgIpc) is 2.53. The molecule has 0 aliphatic heterocycles. The van der Waals surface area contributed by atoms with Crippen LogP contribution in [-0.2, 0) is 9.59 Å². The van der Waals surface area contributed by atoms with Crippen LogP contribution in [0.4, 0.5) is 0 Å². The summed E-state index contributed by atoms with van der Waals surface area (Å²) in [5.74, 6) is 0.704. The van der Waals surface area contributed by atoms with Crippen molar-refractivity contribution in [2.24, 2.45) is 5.92 Å². The quantitative estimate of drug-likeness (QED) is 0.313. The third kappa shape index (κ3) is 8.70. The molecule has 0 heterocycles. The average molecular weight is 334 g/mol. The third-order valence-electron chi connectivity index (χ3n) is 3.69. The lowest BCUT2D eigenvalue weighted by Crippen LogP contribution is -2.12. The van der Waals surface area contributed by atoms with E-state index in [1.807, 2.05) is 0 Å². The molecule has 0 atom stereocenters. The number of esters is 2. The molecule has 0 fully saturated rings. The van der Waals surface area contributed by atoms with E-state index in [9.17, 15) is 9.59 Å². The number of rotatable bonds is 11. The van der Waals surface area contributed by atoms with Gasteiger partial charge in [0.2, 0.25) is 0 Å². The molecule has 0 aromatic heterocycles. The van der Waals surface area contributed by atoms with Crippen LogP contribution in [0, 0.1) is 5.92 Å². The number of carbonyl (C=O) groups is 2. The maximum absolute atomic E-state index is 11.9. The van der Waals surface area contributed by atoms with Gasteiger partial charge in [0.25, 0.3) is 0 Å². The van der Waals surface area contributed by atoms with E-state index in [1.165, 1.54) is 0 Å². The first-order valence-corrected chi connectivity index (χ1v) is 9.03. The van der Waals surface area contributed by atoms with Gasteiger partial charge in [-0.3, -0.25) is 9.59 Å². The van der Waals surface area contributed by atoms with E-state index in [1.54, 1.807) is 24.3 Å². The molecule has 0 aliphatic carbocycles. The zero-order valence-electron chi connectivity index (χ0n) is 15.2. The third-order valence-corrected chi connectivity index (χ3v) is 3.69. The summed E-state index contributed by atoms with van der Waals surface area (Å²) in [5, 5.41) is 0. The molecule has 1 aromatic rings. The van der Waals surface area contributed by atoms with Crippen molar-refractivity contribution in [2.45, 2.75) is 72.1 Å². The molecule has 0 N–H and O–H groups in total. The summed E-state index contributed by atoms with van der Waals surface area (Å²) in [7, 11) is 0. The van der Waals surface area contributed by atoms with Gasteiger partial charge >= 0.3 is 11.9 Å². The van der Waals surface area contributed by atoms with Crippen molar-refractivity contribution in [1.82, 2.24) is 0 Å². The molecule has 0 spiro atoms. The van der Waals surface area contributed by atoms with Crippen LogP contribution in [0.2, 0.25) is 0 Å². The monoisotopic (exact) mass is 334 g/mol. The van der Waals surface area contributed by atoms with Gasteiger partial charge < -0.3 is 9.47 Å². The number of unbranched alkanes of at least 4 members (excludes halogenated alkanes) is 3. The lowest BCUT2D eigenvalue weighted by molar-refractivity contribution is -0.137. The summed E-state index contributed by atoms with van der Waals surface area (Å²) in [6, 6.07) is 6.82. The maximum Gasteiger partial charge on any atom is 0.311 e. The normalized spacial score (nSPS) is 10.7. The van der Waals surface area contributed by atoms with Gasteiger partial charge in [-0.15, -0.1) is 0 Å². The fourth-order valence-electron chi connectivity index (χ4n) is 2.31. The van der Waals surface area contributed by atoms with Gasteiger partial charge in [-0.25, -0.2) is 0 Å². The Hall–Kier alpha value is -1.84. The predicted molar refractivity (Wildman–Crippen MR) is 95.2 cm³/mol. The van der Waals surface area contributed by atoms with Crippen LogP contribution in [0.15, 0.2) is 24.3 Å². The molecule has 4 heteroatoms. The van der Waals surface area contributed by atoms with Crippen LogP contribution >= 0.6 is 0 Å². The minimum atomic E-state index is -0.288. The lowest BCUT2D eigenvalue weighted by Gasteiger charge is -2.10. The van der Waals surface area contributed by atoms with Crippen LogP contribution in [0.5, 0.6) is 11.5 Å². The van der Waals surface area contributed by atoms with Crippen LogP contribution in [0.25, 0.3) is 0 Å². The van der Waals surface area contributed by atoms with E-state index in [0.29, 0.717) is 30.3 Å². The molecular weight excluding hydrogens is 304 g/mol. The fourth-order valence-corrected chi connectivity index (χ4v) is 2.31. The Labute approximate surface area is 145 Å². The SMILES string of the molecule is CCCCCC(=O)Oc1ccccc1OC(=O)CCCCC(C)C. The van der Waals surface area contributed by atoms with Gasteiger partial charge in [-0.05, 0) is 30.9 Å². The van der Waals surface area contributed by atoms with Crippen LogP contribution in [-0.4, -0.2) is 11.9 Å². The van der Waals surface area contributed by atoms with Gasteiger partial charge in [0, 0.05) is 12.8 Å². The van der Waals surface area contributed by atoms with Crippen molar-refractivity contribution in [3.05, 3.63) is 24.3 Å². The summed E-state index contributed by atoms with van der Waals surface area (Å²) in [5.41, 5.74) is 0. The minimum absolute atomic E-state index is 0.284. The standard InChI is InChI=1S/C20H30O4/c1-4-5-6-14-19(21)23-17-12-8-9-13-18(17)24-20(22)15-10-7-11-16(2)3/h8-9,12-13,16H,4-7,10-11,14-15H2,1-3H3. The number of para-hydroxylation sites is 2. The molecule has 0 bridgehead atoms. The van der Waals surface area contributed by atoms with Crippen LogP contribution in [0.3, 0.4) is 0 Å². The summed E-state index contributed by atoms with van der Waals surface area (Å²) in [6.45, 7) is 6.42. The Balaban J connectivity index is 2.47. The van der Waals surface area contributed by atoms with Crippen molar-refractivity contribution >= 4 is 11.9 Å². The Morgan fingerprint density at radius 2 is 1.38 bits per heavy atom. The number of benzene rings is 1. The van der Waals surface area contributed by atoms with Gasteiger partial charge in [-0.2, -0.15) is 0 Å².